The summed E-state index contributed by atoms with van der Waals surface area (Å²) < 4.78 is 21.4. The van der Waals surface area contributed by atoms with E-state index in [0.717, 1.165) is 5.56 Å². The highest BCUT2D eigenvalue weighted by molar-refractivity contribution is 5.98. The Labute approximate surface area is 187 Å². The van der Waals surface area contributed by atoms with Gasteiger partial charge in [-0.15, -0.1) is 6.58 Å². The molecule has 0 N–H and O–H groups in total. The molecule has 0 aliphatic heterocycles. The number of benzene rings is 2. The number of allylic oxidation sites excluding steroid dienone is 1. The number of para-hydroxylation sites is 1. The molecule has 0 heterocycles. The normalized spacial score (nSPS) is 10.6. The highest BCUT2D eigenvalue weighted by Crippen LogP contribution is 2.30. The number of rotatable bonds is 11. The fourth-order valence-electron chi connectivity index (χ4n) is 2.74. The molecule has 0 radical (unpaired) electrons. The first-order chi connectivity index (χ1) is 15.5. The molecule has 0 aromatic heterocycles. The number of carbonyl (C=O) groups is 2. The first-order valence-electron chi connectivity index (χ1n) is 10.1. The summed E-state index contributed by atoms with van der Waals surface area (Å²) in [5.41, 5.74) is 1.29. The number of ether oxygens (including phenoxy) is 4. The van der Waals surface area contributed by atoms with E-state index in [1.165, 1.54) is 12.1 Å². The van der Waals surface area contributed by atoms with Crippen molar-refractivity contribution in [1.82, 2.24) is 0 Å². The number of carbonyl (C=O) groups excluding carboxylic acids is 2. The summed E-state index contributed by atoms with van der Waals surface area (Å²) in [5.74, 6) is -0.239. The molecule has 2 rings (SSSR count). The number of nitrogens with zero attached hydrogens (tertiary/aromatic N) is 1. The van der Waals surface area contributed by atoms with Crippen LogP contribution in [0.1, 0.15) is 25.0 Å². The second-order valence-corrected chi connectivity index (χ2v) is 6.39. The second-order valence-electron chi connectivity index (χ2n) is 6.39. The summed E-state index contributed by atoms with van der Waals surface area (Å²) in [4.78, 5) is 24.2. The number of hydrogen-bond acceptors (Lipinski definition) is 7. The topological polar surface area (TPSA) is 94.9 Å². The third kappa shape index (κ3) is 7.03. The summed E-state index contributed by atoms with van der Waals surface area (Å²) in [7, 11) is 0. The van der Waals surface area contributed by atoms with Crippen LogP contribution in [0.15, 0.2) is 60.7 Å². The summed E-state index contributed by atoms with van der Waals surface area (Å²) in [6.45, 7) is 7.36. The van der Waals surface area contributed by atoms with Gasteiger partial charge in [-0.1, -0.05) is 30.3 Å². The van der Waals surface area contributed by atoms with Gasteiger partial charge in [-0.3, -0.25) is 0 Å². The van der Waals surface area contributed by atoms with Crippen LogP contribution >= 0.6 is 0 Å². The van der Waals surface area contributed by atoms with Crippen LogP contribution in [0.2, 0.25) is 0 Å². The Morgan fingerprint density at radius 3 is 2.50 bits per heavy atom. The first-order valence-corrected chi connectivity index (χ1v) is 10.1. The highest BCUT2D eigenvalue weighted by Gasteiger charge is 2.14. The zero-order chi connectivity index (χ0) is 23.3. The van der Waals surface area contributed by atoms with E-state index in [-0.39, 0.29) is 24.5 Å². The van der Waals surface area contributed by atoms with E-state index in [4.69, 9.17) is 18.9 Å². The van der Waals surface area contributed by atoms with Crippen LogP contribution in [0.5, 0.6) is 17.2 Å². The van der Waals surface area contributed by atoms with Crippen LogP contribution in [-0.4, -0.2) is 31.8 Å². The van der Waals surface area contributed by atoms with Gasteiger partial charge in [0.1, 0.15) is 17.4 Å². The molecule has 0 amide bonds. The largest absolute Gasteiger partial charge is 0.490 e. The predicted molar refractivity (Wildman–Crippen MR) is 119 cm³/mol. The lowest BCUT2D eigenvalue weighted by Gasteiger charge is -2.13. The minimum atomic E-state index is -0.711. The predicted octanol–water partition coefficient (Wildman–Crippen LogP) is 4.27. The third-order valence-corrected chi connectivity index (χ3v) is 4.10. The average Bonchev–Trinajstić information content (AvgIpc) is 2.79. The van der Waals surface area contributed by atoms with Crippen molar-refractivity contribution in [2.75, 3.05) is 19.8 Å². The maximum Gasteiger partial charge on any atom is 0.349 e. The summed E-state index contributed by atoms with van der Waals surface area (Å²) >= 11 is 0. The van der Waals surface area contributed by atoms with Crippen molar-refractivity contribution in [3.05, 3.63) is 71.8 Å². The van der Waals surface area contributed by atoms with Gasteiger partial charge in [-0.2, -0.15) is 5.26 Å². The lowest BCUT2D eigenvalue weighted by Crippen LogP contribution is -2.18. The van der Waals surface area contributed by atoms with E-state index < -0.39 is 11.9 Å². The molecule has 0 fully saturated rings. The smallest absolute Gasteiger partial charge is 0.349 e. The Kier molecular flexibility index (Phi) is 9.54. The Bertz CT molecular complexity index is 1030. The number of hydrogen-bond donors (Lipinski definition) is 0. The molecule has 0 spiro atoms. The van der Waals surface area contributed by atoms with Crippen molar-refractivity contribution in [3.63, 3.8) is 0 Å². The van der Waals surface area contributed by atoms with Gasteiger partial charge in [-0.25, -0.2) is 9.59 Å². The molecule has 0 aliphatic rings. The summed E-state index contributed by atoms with van der Waals surface area (Å²) in [6.07, 6.45) is 3.75. The van der Waals surface area contributed by atoms with Crippen molar-refractivity contribution < 1.29 is 28.5 Å². The minimum absolute atomic E-state index is 0.148. The summed E-state index contributed by atoms with van der Waals surface area (Å²) in [6, 6.07) is 13.9. The fourth-order valence-corrected chi connectivity index (χ4v) is 2.74. The van der Waals surface area contributed by atoms with Crippen LogP contribution in [0, 0.1) is 11.3 Å². The molecule has 0 saturated carbocycles. The Hall–Kier alpha value is -4.05. The monoisotopic (exact) mass is 435 g/mol. The van der Waals surface area contributed by atoms with E-state index in [1.54, 1.807) is 38.1 Å². The molecular weight excluding hydrogens is 410 g/mol. The van der Waals surface area contributed by atoms with Gasteiger partial charge in [0.25, 0.3) is 0 Å². The number of nitriles is 1. The van der Waals surface area contributed by atoms with Gasteiger partial charge in [0.2, 0.25) is 0 Å². The Morgan fingerprint density at radius 2 is 1.81 bits per heavy atom. The molecule has 2 aromatic carbocycles. The molecule has 0 atom stereocenters. The Balaban J connectivity index is 2.14. The summed E-state index contributed by atoms with van der Waals surface area (Å²) in [5, 5.41) is 9.20. The standard InChI is InChI=1S/C25H25NO6/c1-4-9-19-10-7-8-11-21(19)31-17-24(27)32-22-13-12-18(15-23(22)29-5-2)14-20(16-26)25(28)30-6-3/h4,7-8,10-15H,1,5-6,9,17H2,2-3H3/b20-14+. The molecule has 0 saturated heterocycles. The molecule has 7 heteroatoms. The van der Waals surface area contributed by atoms with Crippen LogP contribution in [0.25, 0.3) is 6.08 Å². The van der Waals surface area contributed by atoms with Crippen LogP contribution < -0.4 is 14.2 Å². The molecule has 2 aromatic rings. The second kappa shape index (κ2) is 12.6. The van der Waals surface area contributed by atoms with Crippen molar-refractivity contribution in [2.24, 2.45) is 0 Å². The molecule has 0 unspecified atom stereocenters. The van der Waals surface area contributed by atoms with Crippen molar-refractivity contribution in [2.45, 2.75) is 20.3 Å². The molecule has 0 bridgehead atoms. The van der Waals surface area contributed by atoms with E-state index in [1.807, 2.05) is 24.3 Å². The third-order valence-electron chi connectivity index (χ3n) is 4.10. The van der Waals surface area contributed by atoms with E-state index in [9.17, 15) is 14.9 Å². The number of esters is 2. The van der Waals surface area contributed by atoms with E-state index >= 15 is 0 Å². The molecule has 32 heavy (non-hydrogen) atoms. The zero-order valence-electron chi connectivity index (χ0n) is 18.1. The van der Waals surface area contributed by atoms with Crippen molar-refractivity contribution >= 4 is 18.0 Å². The Morgan fingerprint density at radius 1 is 1.03 bits per heavy atom. The molecule has 166 valence electrons. The van der Waals surface area contributed by atoms with E-state index in [2.05, 4.69) is 6.58 Å². The first kappa shape index (κ1) is 24.2. The molecular formula is C25H25NO6. The van der Waals surface area contributed by atoms with Gasteiger partial charge < -0.3 is 18.9 Å². The lowest BCUT2D eigenvalue weighted by molar-refractivity contribution is -0.138. The van der Waals surface area contributed by atoms with Gasteiger partial charge in [-0.05, 0) is 55.7 Å². The van der Waals surface area contributed by atoms with Crippen LogP contribution in [-0.2, 0) is 20.7 Å². The molecule has 7 nitrogen and oxygen atoms in total. The molecule has 0 aliphatic carbocycles. The highest BCUT2D eigenvalue weighted by atomic mass is 16.6. The quantitative estimate of drug-likeness (QED) is 0.171. The fraction of sp³-hybridized carbons (Fsp3) is 0.240. The lowest BCUT2D eigenvalue weighted by atomic mass is 10.1. The zero-order valence-corrected chi connectivity index (χ0v) is 18.1. The van der Waals surface area contributed by atoms with E-state index in [0.29, 0.717) is 30.1 Å². The van der Waals surface area contributed by atoms with Crippen molar-refractivity contribution in [1.29, 1.82) is 5.26 Å². The SMILES string of the molecule is C=CCc1ccccc1OCC(=O)Oc1ccc(/C=C(\C#N)C(=O)OCC)cc1OCC. The van der Waals surface area contributed by atoms with Crippen molar-refractivity contribution in [3.8, 4) is 23.3 Å². The maximum absolute atomic E-state index is 12.3. The van der Waals surface area contributed by atoms with Crippen LogP contribution in [0.3, 0.4) is 0 Å². The van der Waals surface area contributed by atoms with Gasteiger partial charge >= 0.3 is 11.9 Å². The van der Waals surface area contributed by atoms with Gasteiger partial charge in [0, 0.05) is 0 Å². The van der Waals surface area contributed by atoms with Gasteiger partial charge in [0.05, 0.1) is 13.2 Å². The maximum atomic E-state index is 12.3. The van der Waals surface area contributed by atoms with Crippen LogP contribution in [0.4, 0.5) is 0 Å². The minimum Gasteiger partial charge on any atom is -0.490 e. The van der Waals surface area contributed by atoms with Gasteiger partial charge in [0.15, 0.2) is 18.1 Å². The average molecular weight is 435 g/mol.